The second kappa shape index (κ2) is 12.0. The number of methoxy groups -OCH3 is 2. The zero-order chi connectivity index (χ0) is 25.3. The third-order valence-electron chi connectivity index (χ3n) is 5.39. The van der Waals surface area contributed by atoms with E-state index in [1.54, 1.807) is 25.3 Å². The van der Waals surface area contributed by atoms with Gasteiger partial charge in [0.1, 0.15) is 5.25 Å². The number of carbonyl (C=O) groups excluding carboxylic acids is 2. The van der Waals surface area contributed by atoms with Gasteiger partial charge in [0.2, 0.25) is 5.91 Å². The first-order valence-electron chi connectivity index (χ1n) is 11.3. The molecule has 0 bridgehead atoms. The highest BCUT2D eigenvalue weighted by atomic mass is 32.2. The van der Waals surface area contributed by atoms with Crippen molar-refractivity contribution in [3.8, 4) is 11.5 Å². The van der Waals surface area contributed by atoms with Crippen LogP contribution in [0.5, 0.6) is 11.5 Å². The number of benzene rings is 4. The van der Waals surface area contributed by atoms with Crippen LogP contribution in [-0.4, -0.2) is 26.0 Å². The molecule has 4 aromatic rings. The molecule has 0 saturated heterocycles. The minimum atomic E-state index is -0.446. The summed E-state index contributed by atoms with van der Waals surface area (Å²) < 4.78 is 10.5. The van der Waals surface area contributed by atoms with Crippen molar-refractivity contribution in [2.24, 2.45) is 0 Å². The molecule has 6 nitrogen and oxygen atoms in total. The molecule has 0 aliphatic rings. The second-order valence-corrected chi connectivity index (χ2v) is 8.99. The molecular formula is C29H26N2O4S. The van der Waals surface area contributed by atoms with Crippen molar-refractivity contribution in [2.45, 2.75) is 10.1 Å². The van der Waals surface area contributed by atoms with Crippen molar-refractivity contribution in [3.63, 3.8) is 0 Å². The molecule has 0 aromatic heterocycles. The van der Waals surface area contributed by atoms with Crippen LogP contribution in [0, 0.1) is 0 Å². The van der Waals surface area contributed by atoms with Crippen LogP contribution in [0.15, 0.2) is 108 Å². The number of nitrogens with one attached hydrogen (secondary N) is 2. The Bertz CT molecular complexity index is 1310. The van der Waals surface area contributed by atoms with Crippen LogP contribution in [0.4, 0.5) is 11.4 Å². The Morgan fingerprint density at radius 1 is 0.694 bits per heavy atom. The van der Waals surface area contributed by atoms with Crippen LogP contribution in [0.1, 0.15) is 21.2 Å². The first kappa shape index (κ1) is 24.9. The summed E-state index contributed by atoms with van der Waals surface area (Å²) in [5.41, 5.74) is 2.75. The predicted molar refractivity (Wildman–Crippen MR) is 144 cm³/mol. The monoisotopic (exact) mass is 498 g/mol. The topological polar surface area (TPSA) is 76.7 Å². The fraction of sp³-hybridized carbons (Fsp3) is 0.103. The van der Waals surface area contributed by atoms with Gasteiger partial charge >= 0.3 is 0 Å². The van der Waals surface area contributed by atoms with E-state index >= 15 is 0 Å². The molecule has 2 N–H and O–H groups in total. The lowest BCUT2D eigenvalue weighted by Gasteiger charge is -2.17. The summed E-state index contributed by atoms with van der Waals surface area (Å²) in [6, 6.07) is 31.5. The summed E-state index contributed by atoms with van der Waals surface area (Å²) in [4.78, 5) is 26.8. The maximum absolute atomic E-state index is 13.2. The lowest BCUT2D eigenvalue weighted by molar-refractivity contribution is -0.115. The first-order chi connectivity index (χ1) is 17.6. The number of ether oxygens (including phenoxy) is 2. The summed E-state index contributed by atoms with van der Waals surface area (Å²) in [6.07, 6.45) is 0. The number of hydrogen-bond donors (Lipinski definition) is 2. The second-order valence-electron chi connectivity index (χ2n) is 7.81. The molecule has 1 atom stereocenters. The van der Waals surface area contributed by atoms with Crippen molar-refractivity contribution in [2.75, 3.05) is 24.9 Å². The van der Waals surface area contributed by atoms with E-state index in [-0.39, 0.29) is 11.8 Å². The van der Waals surface area contributed by atoms with Crippen LogP contribution >= 0.6 is 11.8 Å². The number of thioether (sulfide) groups is 1. The Kier molecular flexibility index (Phi) is 8.26. The van der Waals surface area contributed by atoms with Gasteiger partial charge in [0, 0.05) is 21.8 Å². The van der Waals surface area contributed by atoms with Gasteiger partial charge in [-0.15, -0.1) is 11.8 Å². The summed E-state index contributed by atoms with van der Waals surface area (Å²) in [5.74, 6) is 0.668. The Morgan fingerprint density at radius 2 is 1.31 bits per heavy atom. The molecule has 4 rings (SSSR count). The van der Waals surface area contributed by atoms with E-state index in [1.165, 1.54) is 18.9 Å². The summed E-state index contributed by atoms with van der Waals surface area (Å²) in [5, 5.41) is 5.44. The van der Waals surface area contributed by atoms with Crippen molar-refractivity contribution < 1.29 is 19.1 Å². The molecule has 2 amide bonds. The molecule has 7 heteroatoms. The highest BCUT2D eigenvalue weighted by Gasteiger charge is 2.22. The average Bonchev–Trinajstić information content (AvgIpc) is 2.93. The van der Waals surface area contributed by atoms with Crippen molar-refractivity contribution in [1.29, 1.82) is 0 Å². The van der Waals surface area contributed by atoms with E-state index in [4.69, 9.17) is 9.47 Å². The molecular weight excluding hydrogens is 472 g/mol. The van der Waals surface area contributed by atoms with Gasteiger partial charge in [0.15, 0.2) is 11.5 Å². The van der Waals surface area contributed by atoms with Crippen LogP contribution in [0.3, 0.4) is 0 Å². The van der Waals surface area contributed by atoms with Crippen LogP contribution in [-0.2, 0) is 4.79 Å². The third-order valence-corrected chi connectivity index (χ3v) is 6.66. The van der Waals surface area contributed by atoms with Crippen LogP contribution in [0.25, 0.3) is 0 Å². The maximum Gasteiger partial charge on any atom is 0.255 e. The molecule has 0 heterocycles. The van der Waals surface area contributed by atoms with Crippen molar-refractivity contribution in [3.05, 3.63) is 114 Å². The zero-order valence-corrected chi connectivity index (χ0v) is 20.8. The van der Waals surface area contributed by atoms with Crippen LogP contribution in [0.2, 0.25) is 0 Å². The standard InChI is InChI=1S/C29H26N2O4S/c1-34-25-18-13-21(19-26(25)35-2)28(32)30-23-14-16-24(17-15-23)36-27(20-9-5-3-6-10-20)29(33)31-22-11-7-4-8-12-22/h3-19,27H,1-2H3,(H,30,32)(H,31,33). The third kappa shape index (κ3) is 6.25. The van der Waals surface area contributed by atoms with E-state index in [0.717, 1.165) is 16.1 Å². The minimum absolute atomic E-state index is 0.108. The Labute approximate surface area is 214 Å². The maximum atomic E-state index is 13.2. The number of para-hydroxylation sites is 1. The minimum Gasteiger partial charge on any atom is -0.493 e. The van der Waals surface area contributed by atoms with Gasteiger partial charge in [-0.25, -0.2) is 0 Å². The number of amides is 2. The summed E-state index contributed by atoms with van der Waals surface area (Å²) >= 11 is 1.45. The molecule has 0 aliphatic heterocycles. The van der Waals surface area contributed by atoms with Crippen LogP contribution < -0.4 is 20.1 Å². The van der Waals surface area contributed by atoms with Gasteiger partial charge in [-0.2, -0.15) is 0 Å². The van der Waals surface area contributed by atoms with Gasteiger partial charge in [-0.1, -0.05) is 48.5 Å². The fourth-order valence-electron chi connectivity index (χ4n) is 3.56. The van der Waals surface area contributed by atoms with Gasteiger partial charge in [-0.3, -0.25) is 9.59 Å². The fourth-order valence-corrected chi connectivity index (χ4v) is 4.59. The van der Waals surface area contributed by atoms with E-state index in [9.17, 15) is 9.59 Å². The molecule has 1 unspecified atom stereocenters. The lowest BCUT2D eigenvalue weighted by atomic mass is 10.1. The first-order valence-corrected chi connectivity index (χ1v) is 12.2. The van der Waals surface area contributed by atoms with E-state index in [1.807, 2.05) is 84.9 Å². The van der Waals surface area contributed by atoms with Crippen molar-refractivity contribution >= 4 is 35.0 Å². The quantitative estimate of drug-likeness (QED) is 0.260. The summed E-state index contributed by atoms with van der Waals surface area (Å²) in [7, 11) is 3.07. The van der Waals surface area contributed by atoms with E-state index in [2.05, 4.69) is 10.6 Å². The molecule has 0 aliphatic carbocycles. The largest absolute Gasteiger partial charge is 0.493 e. The highest BCUT2D eigenvalue weighted by molar-refractivity contribution is 8.00. The molecule has 182 valence electrons. The lowest BCUT2D eigenvalue weighted by Crippen LogP contribution is -2.19. The van der Waals surface area contributed by atoms with Gasteiger partial charge in [0.25, 0.3) is 5.91 Å². The molecule has 0 fully saturated rings. The van der Waals surface area contributed by atoms with Gasteiger partial charge in [0.05, 0.1) is 14.2 Å². The smallest absolute Gasteiger partial charge is 0.255 e. The molecule has 4 aromatic carbocycles. The zero-order valence-electron chi connectivity index (χ0n) is 19.9. The number of hydrogen-bond acceptors (Lipinski definition) is 5. The van der Waals surface area contributed by atoms with Gasteiger partial charge in [-0.05, 0) is 60.2 Å². The van der Waals surface area contributed by atoms with Gasteiger partial charge < -0.3 is 20.1 Å². The normalized spacial score (nSPS) is 11.3. The Hall–Kier alpha value is -4.23. The molecule has 0 radical (unpaired) electrons. The van der Waals surface area contributed by atoms with E-state index in [0.29, 0.717) is 22.7 Å². The number of carbonyl (C=O) groups is 2. The predicted octanol–water partition coefficient (Wildman–Crippen LogP) is 6.43. The average molecular weight is 499 g/mol. The highest BCUT2D eigenvalue weighted by Crippen LogP contribution is 2.37. The summed E-state index contributed by atoms with van der Waals surface area (Å²) in [6.45, 7) is 0. The van der Waals surface area contributed by atoms with E-state index < -0.39 is 5.25 Å². The Morgan fingerprint density at radius 3 is 1.94 bits per heavy atom. The molecule has 0 saturated carbocycles. The Balaban J connectivity index is 1.47. The molecule has 0 spiro atoms. The van der Waals surface area contributed by atoms with Crippen molar-refractivity contribution in [1.82, 2.24) is 0 Å². The number of anilines is 2. The number of rotatable bonds is 9. The SMILES string of the molecule is COc1ccc(C(=O)Nc2ccc(SC(C(=O)Nc3ccccc3)c3ccccc3)cc2)cc1OC. The molecule has 36 heavy (non-hydrogen) atoms.